The molecule has 3 aromatic heterocycles. The van der Waals surface area contributed by atoms with E-state index in [0.717, 1.165) is 46.5 Å². The van der Waals surface area contributed by atoms with E-state index < -0.39 is 0 Å². The zero-order valence-electron chi connectivity index (χ0n) is 17.5. The number of fused-ring (bicyclic) bond motifs is 2. The lowest BCUT2D eigenvalue weighted by Crippen LogP contribution is -2.23. The quantitative estimate of drug-likeness (QED) is 0.385. The molecule has 1 aliphatic carbocycles. The van der Waals surface area contributed by atoms with Crippen LogP contribution in [0.4, 0.5) is 5.95 Å². The largest absolute Gasteiger partial charge is 0.508 e. The van der Waals surface area contributed by atoms with Crippen molar-refractivity contribution in [2.24, 2.45) is 0 Å². The molecule has 0 saturated heterocycles. The van der Waals surface area contributed by atoms with Crippen molar-refractivity contribution in [3.8, 4) is 23.0 Å². The van der Waals surface area contributed by atoms with Crippen LogP contribution < -0.4 is 5.32 Å². The first-order chi connectivity index (χ1) is 15.7. The van der Waals surface area contributed by atoms with E-state index in [0.29, 0.717) is 17.5 Å². The minimum absolute atomic E-state index is 0.182. The predicted molar refractivity (Wildman–Crippen MR) is 124 cm³/mol. The Morgan fingerprint density at radius 1 is 0.969 bits per heavy atom. The van der Waals surface area contributed by atoms with Crippen molar-refractivity contribution in [1.82, 2.24) is 19.5 Å². The molecule has 1 aliphatic rings. The molecule has 7 nitrogen and oxygen atoms in total. The van der Waals surface area contributed by atoms with Gasteiger partial charge in [0.05, 0.1) is 17.3 Å². The number of phenolic OH excluding ortho intramolecular Hbond substituents is 1. The van der Waals surface area contributed by atoms with E-state index >= 15 is 0 Å². The van der Waals surface area contributed by atoms with Crippen LogP contribution in [0.15, 0.2) is 65.4 Å². The van der Waals surface area contributed by atoms with Crippen molar-refractivity contribution in [2.75, 3.05) is 5.32 Å². The number of furan rings is 1. The van der Waals surface area contributed by atoms with Crippen LogP contribution in [0.2, 0.25) is 0 Å². The van der Waals surface area contributed by atoms with Gasteiger partial charge in [0.1, 0.15) is 23.0 Å². The number of nitrogens with one attached hydrogen (secondary N) is 1. The molecule has 0 spiro atoms. The first-order valence-electron chi connectivity index (χ1n) is 11.0. The maximum absolute atomic E-state index is 10.0. The van der Waals surface area contributed by atoms with E-state index in [1.807, 2.05) is 34.9 Å². The van der Waals surface area contributed by atoms with Crippen LogP contribution in [0.1, 0.15) is 32.1 Å². The zero-order chi connectivity index (χ0) is 21.5. The van der Waals surface area contributed by atoms with Gasteiger partial charge in [-0.05, 0) is 55.3 Å². The molecule has 5 aromatic rings. The molecule has 0 radical (unpaired) electrons. The number of hydrogen-bond acceptors (Lipinski definition) is 6. The van der Waals surface area contributed by atoms with Gasteiger partial charge in [-0.25, -0.2) is 9.97 Å². The SMILES string of the molecule is Oc1ccc2c(c1)nc(-c1ccc3occc3c1)n2-c1ccnc(NC2CCCCC2)n1. The van der Waals surface area contributed by atoms with E-state index in [1.165, 1.54) is 19.3 Å². The van der Waals surface area contributed by atoms with Gasteiger partial charge in [0.25, 0.3) is 0 Å². The number of aromatic hydroxyl groups is 1. The van der Waals surface area contributed by atoms with Gasteiger partial charge in [-0.3, -0.25) is 4.57 Å². The monoisotopic (exact) mass is 425 g/mol. The summed E-state index contributed by atoms with van der Waals surface area (Å²) in [5.41, 5.74) is 3.34. The lowest BCUT2D eigenvalue weighted by Gasteiger charge is -2.22. The van der Waals surface area contributed by atoms with Crippen LogP contribution in [0, 0.1) is 0 Å². The van der Waals surface area contributed by atoms with Gasteiger partial charge in [0.15, 0.2) is 0 Å². The summed E-state index contributed by atoms with van der Waals surface area (Å²) in [6.07, 6.45) is 9.55. The normalized spacial score (nSPS) is 14.9. The average Bonchev–Trinajstić information content (AvgIpc) is 3.43. The second kappa shape index (κ2) is 7.67. The van der Waals surface area contributed by atoms with E-state index in [1.54, 1.807) is 24.6 Å². The molecule has 160 valence electrons. The highest BCUT2D eigenvalue weighted by atomic mass is 16.3. The summed E-state index contributed by atoms with van der Waals surface area (Å²) in [5, 5.41) is 14.5. The number of benzene rings is 2. The molecule has 2 N–H and O–H groups in total. The number of aromatic nitrogens is 4. The summed E-state index contributed by atoms with van der Waals surface area (Å²) < 4.78 is 7.51. The lowest BCUT2D eigenvalue weighted by atomic mass is 9.96. The molecule has 0 bridgehead atoms. The predicted octanol–water partition coefficient (Wildman–Crippen LogP) is 5.68. The Morgan fingerprint density at radius 2 is 1.88 bits per heavy atom. The van der Waals surface area contributed by atoms with E-state index in [-0.39, 0.29) is 5.75 Å². The van der Waals surface area contributed by atoms with Crippen LogP contribution in [0.25, 0.3) is 39.2 Å². The maximum atomic E-state index is 10.0. The van der Waals surface area contributed by atoms with E-state index in [9.17, 15) is 5.11 Å². The van der Waals surface area contributed by atoms with Crippen LogP contribution in [-0.2, 0) is 0 Å². The first kappa shape index (κ1) is 18.9. The van der Waals surface area contributed by atoms with E-state index in [2.05, 4.69) is 16.4 Å². The van der Waals surface area contributed by atoms with Crippen LogP contribution in [-0.4, -0.2) is 30.7 Å². The second-order valence-electron chi connectivity index (χ2n) is 8.33. The molecule has 3 heterocycles. The summed E-state index contributed by atoms with van der Waals surface area (Å²) in [5.74, 6) is 2.29. The molecule has 0 atom stereocenters. The minimum Gasteiger partial charge on any atom is -0.508 e. The van der Waals surface area contributed by atoms with Crippen molar-refractivity contribution >= 4 is 28.0 Å². The van der Waals surface area contributed by atoms with Crippen LogP contribution >= 0.6 is 0 Å². The Hall–Kier alpha value is -3.87. The number of hydrogen-bond donors (Lipinski definition) is 2. The van der Waals surface area contributed by atoms with Gasteiger partial charge in [0, 0.05) is 29.3 Å². The molecule has 0 amide bonds. The number of anilines is 1. The van der Waals surface area contributed by atoms with Crippen LogP contribution in [0.5, 0.6) is 5.75 Å². The molecule has 2 aromatic carbocycles. The summed E-state index contributed by atoms with van der Waals surface area (Å²) in [6, 6.07) is 15.5. The first-order valence-corrected chi connectivity index (χ1v) is 11.0. The third kappa shape index (κ3) is 3.36. The second-order valence-corrected chi connectivity index (χ2v) is 8.33. The van der Waals surface area contributed by atoms with Crippen molar-refractivity contribution < 1.29 is 9.52 Å². The number of imidazole rings is 1. The van der Waals surface area contributed by atoms with Crippen molar-refractivity contribution in [2.45, 2.75) is 38.1 Å². The van der Waals surface area contributed by atoms with Crippen molar-refractivity contribution in [3.63, 3.8) is 0 Å². The summed E-state index contributed by atoms with van der Waals surface area (Å²) in [6.45, 7) is 0. The minimum atomic E-state index is 0.182. The Balaban J connectivity index is 1.49. The number of rotatable bonds is 4. The Bertz CT molecular complexity index is 1410. The Labute approximate surface area is 184 Å². The van der Waals surface area contributed by atoms with Crippen molar-refractivity contribution in [3.05, 3.63) is 61.0 Å². The molecule has 7 heteroatoms. The van der Waals surface area contributed by atoms with Crippen LogP contribution in [0.3, 0.4) is 0 Å². The molecule has 6 rings (SSSR count). The number of phenols is 1. The molecular formula is C25H23N5O2. The van der Waals surface area contributed by atoms with E-state index in [4.69, 9.17) is 14.4 Å². The van der Waals surface area contributed by atoms with Gasteiger partial charge >= 0.3 is 0 Å². The smallest absolute Gasteiger partial charge is 0.224 e. The van der Waals surface area contributed by atoms with Gasteiger partial charge in [0.2, 0.25) is 5.95 Å². The fourth-order valence-electron chi connectivity index (χ4n) is 4.57. The molecule has 1 fully saturated rings. The van der Waals surface area contributed by atoms with Gasteiger partial charge in [-0.15, -0.1) is 0 Å². The Kier molecular flexibility index (Phi) is 4.52. The maximum Gasteiger partial charge on any atom is 0.224 e. The highest BCUT2D eigenvalue weighted by molar-refractivity contribution is 5.87. The third-order valence-corrected chi connectivity index (χ3v) is 6.16. The van der Waals surface area contributed by atoms with Gasteiger partial charge in [-0.2, -0.15) is 4.98 Å². The van der Waals surface area contributed by atoms with Gasteiger partial charge < -0.3 is 14.8 Å². The fraction of sp³-hybridized carbons (Fsp3) is 0.240. The summed E-state index contributed by atoms with van der Waals surface area (Å²) in [4.78, 5) is 14.2. The zero-order valence-corrected chi connectivity index (χ0v) is 17.5. The number of nitrogens with zero attached hydrogens (tertiary/aromatic N) is 4. The highest BCUT2D eigenvalue weighted by Gasteiger charge is 2.18. The standard InChI is InChI=1S/C25H23N5O2/c31-19-7-8-21-20(15-19)28-24(17-6-9-22-16(14-17)11-13-32-22)30(21)23-10-12-26-25(29-23)27-18-4-2-1-3-5-18/h6-15,18,31H,1-5H2,(H,26,27,29). The van der Waals surface area contributed by atoms with Gasteiger partial charge in [-0.1, -0.05) is 19.3 Å². The van der Waals surface area contributed by atoms with Crippen molar-refractivity contribution in [1.29, 1.82) is 0 Å². The highest BCUT2D eigenvalue weighted by Crippen LogP contribution is 2.32. The molecule has 32 heavy (non-hydrogen) atoms. The molecular weight excluding hydrogens is 402 g/mol. The summed E-state index contributed by atoms with van der Waals surface area (Å²) >= 11 is 0. The Morgan fingerprint density at radius 3 is 2.78 bits per heavy atom. The summed E-state index contributed by atoms with van der Waals surface area (Å²) in [7, 11) is 0. The molecule has 1 saturated carbocycles. The molecule has 0 unspecified atom stereocenters. The molecule has 0 aliphatic heterocycles. The lowest BCUT2D eigenvalue weighted by molar-refractivity contribution is 0.461. The third-order valence-electron chi connectivity index (χ3n) is 6.16. The fourth-order valence-corrected chi connectivity index (χ4v) is 4.57. The topological polar surface area (TPSA) is 89.0 Å². The average molecular weight is 425 g/mol.